The summed E-state index contributed by atoms with van der Waals surface area (Å²) in [5.41, 5.74) is 3.15. The molecule has 7 nitrogen and oxygen atoms in total. The maximum absolute atomic E-state index is 6.64. The number of aromatic nitrogens is 4. The molecule has 1 aromatic carbocycles. The Hall–Kier alpha value is -2.22. The zero-order chi connectivity index (χ0) is 19.1. The van der Waals surface area contributed by atoms with Gasteiger partial charge in [0.2, 0.25) is 5.95 Å². The third-order valence-corrected chi connectivity index (χ3v) is 6.30. The molecule has 0 unspecified atom stereocenters. The average molecular weight is 399 g/mol. The lowest BCUT2D eigenvalue weighted by atomic mass is 9.86. The van der Waals surface area contributed by atoms with E-state index in [9.17, 15) is 0 Å². The van der Waals surface area contributed by atoms with Crippen molar-refractivity contribution in [2.75, 3.05) is 31.6 Å². The molecule has 0 spiro atoms. The third-order valence-electron chi connectivity index (χ3n) is 5.98. The Balaban J connectivity index is 1.37. The maximum atomic E-state index is 6.64. The van der Waals surface area contributed by atoms with Crippen LogP contribution in [0.15, 0.2) is 30.7 Å². The van der Waals surface area contributed by atoms with Gasteiger partial charge in [-0.2, -0.15) is 5.10 Å². The molecule has 0 bridgehead atoms. The summed E-state index contributed by atoms with van der Waals surface area (Å²) in [6.45, 7) is 6.15. The molecule has 2 fully saturated rings. The van der Waals surface area contributed by atoms with Crippen molar-refractivity contribution >= 4 is 34.1 Å². The number of hydrogen-bond acceptors (Lipinski definition) is 6. The summed E-state index contributed by atoms with van der Waals surface area (Å²) in [6, 6.07) is 4.12. The van der Waals surface area contributed by atoms with Crippen LogP contribution in [0.3, 0.4) is 0 Å². The largest absolute Gasteiger partial charge is 0.377 e. The lowest BCUT2D eigenvalue weighted by Crippen LogP contribution is -2.61. The molecule has 146 valence electrons. The number of hydrogen-bond donors (Lipinski definition) is 2. The first kappa shape index (κ1) is 17.8. The quantitative estimate of drug-likeness (QED) is 0.697. The van der Waals surface area contributed by atoms with E-state index >= 15 is 0 Å². The van der Waals surface area contributed by atoms with Crippen LogP contribution >= 0.6 is 11.6 Å². The second-order valence-electron chi connectivity index (χ2n) is 7.99. The molecule has 2 N–H and O–H groups in total. The summed E-state index contributed by atoms with van der Waals surface area (Å²) in [6.07, 6.45) is 7.48. The number of benzene rings is 1. The van der Waals surface area contributed by atoms with Crippen LogP contribution in [0.4, 0.5) is 11.6 Å². The Morgan fingerprint density at radius 2 is 2.07 bits per heavy atom. The van der Waals surface area contributed by atoms with Crippen molar-refractivity contribution < 1.29 is 4.74 Å². The standard InChI is InChI=1S/C20H23ClN6O/c1-20(11-28-12-20)27-4-2-13(3-5-27)16-7-18-14(6-17(16)21)8-22-19(26-18)25-15-9-23-24-10-15/h6-10,13H,2-5,11-12H2,1H3,(H,23,24)(H,22,25,26). The monoisotopic (exact) mass is 398 g/mol. The number of likely N-dealkylation sites (tertiary alicyclic amines) is 1. The van der Waals surface area contributed by atoms with Crippen LogP contribution in [0.1, 0.15) is 31.2 Å². The van der Waals surface area contributed by atoms with Crippen LogP contribution in [-0.4, -0.2) is 56.9 Å². The van der Waals surface area contributed by atoms with Gasteiger partial charge in [-0.05, 0) is 56.5 Å². The van der Waals surface area contributed by atoms with Crippen LogP contribution < -0.4 is 5.32 Å². The van der Waals surface area contributed by atoms with E-state index < -0.39 is 0 Å². The highest BCUT2D eigenvalue weighted by molar-refractivity contribution is 6.32. The zero-order valence-electron chi connectivity index (χ0n) is 15.8. The van der Waals surface area contributed by atoms with Gasteiger partial charge < -0.3 is 10.1 Å². The molecule has 0 radical (unpaired) electrons. The number of nitrogens with zero attached hydrogens (tertiary/aromatic N) is 4. The summed E-state index contributed by atoms with van der Waals surface area (Å²) in [7, 11) is 0. The molecule has 0 saturated carbocycles. The fourth-order valence-corrected chi connectivity index (χ4v) is 4.53. The Morgan fingerprint density at radius 3 is 2.75 bits per heavy atom. The maximum Gasteiger partial charge on any atom is 0.227 e. The molecule has 8 heteroatoms. The van der Waals surface area contributed by atoms with Gasteiger partial charge in [-0.3, -0.25) is 10.00 Å². The van der Waals surface area contributed by atoms with Crippen molar-refractivity contribution in [1.82, 2.24) is 25.1 Å². The first-order chi connectivity index (χ1) is 13.6. The number of nitrogens with one attached hydrogen (secondary N) is 2. The highest BCUT2D eigenvalue weighted by Crippen LogP contribution is 2.38. The number of rotatable bonds is 4. The summed E-state index contributed by atoms with van der Waals surface area (Å²) >= 11 is 6.64. The summed E-state index contributed by atoms with van der Waals surface area (Å²) < 4.78 is 5.43. The fraction of sp³-hybridized carbons (Fsp3) is 0.450. The number of ether oxygens (including phenoxy) is 1. The molecule has 5 rings (SSSR count). The van der Waals surface area contributed by atoms with E-state index in [-0.39, 0.29) is 5.54 Å². The molecule has 2 aliphatic rings. The predicted molar refractivity (Wildman–Crippen MR) is 109 cm³/mol. The first-order valence-electron chi connectivity index (χ1n) is 9.65. The molecule has 0 amide bonds. The van der Waals surface area contributed by atoms with Crippen LogP contribution in [0.5, 0.6) is 0 Å². The molecular weight excluding hydrogens is 376 g/mol. The third kappa shape index (κ3) is 3.23. The van der Waals surface area contributed by atoms with E-state index in [0.717, 1.165) is 60.8 Å². The highest BCUT2D eigenvalue weighted by Gasteiger charge is 2.41. The minimum atomic E-state index is 0.221. The fourth-order valence-electron chi connectivity index (χ4n) is 4.20. The van der Waals surface area contributed by atoms with Gasteiger partial charge in [0.25, 0.3) is 0 Å². The van der Waals surface area contributed by atoms with Gasteiger partial charge in [0, 0.05) is 22.8 Å². The van der Waals surface area contributed by atoms with E-state index in [4.69, 9.17) is 16.3 Å². The summed E-state index contributed by atoms with van der Waals surface area (Å²) in [5.74, 6) is 1.01. The summed E-state index contributed by atoms with van der Waals surface area (Å²) in [5, 5.41) is 11.6. The first-order valence-corrected chi connectivity index (χ1v) is 10.0. The van der Waals surface area contributed by atoms with E-state index in [1.165, 1.54) is 5.56 Å². The minimum Gasteiger partial charge on any atom is -0.377 e. The van der Waals surface area contributed by atoms with Gasteiger partial charge in [0.05, 0.1) is 36.2 Å². The summed E-state index contributed by atoms with van der Waals surface area (Å²) in [4.78, 5) is 11.6. The number of aromatic amines is 1. The van der Waals surface area contributed by atoms with Gasteiger partial charge >= 0.3 is 0 Å². The Kier molecular flexibility index (Phi) is 4.45. The van der Waals surface area contributed by atoms with Crippen molar-refractivity contribution in [3.05, 3.63) is 41.3 Å². The van der Waals surface area contributed by atoms with Crippen LogP contribution in [-0.2, 0) is 4.74 Å². The number of piperidine rings is 1. The van der Waals surface area contributed by atoms with Crippen molar-refractivity contribution in [2.45, 2.75) is 31.2 Å². The van der Waals surface area contributed by atoms with Crippen molar-refractivity contribution in [3.8, 4) is 0 Å². The van der Waals surface area contributed by atoms with Gasteiger partial charge in [-0.1, -0.05) is 11.6 Å². The van der Waals surface area contributed by atoms with Crippen molar-refractivity contribution in [3.63, 3.8) is 0 Å². The molecule has 28 heavy (non-hydrogen) atoms. The van der Waals surface area contributed by atoms with E-state index in [1.54, 1.807) is 18.6 Å². The Labute approximate surface area is 168 Å². The van der Waals surface area contributed by atoms with Gasteiger partial charge in [-0.15, -0.1) is 0 Å². The number of H-pyrrole nitrogens is 1. The second-order valence-corrected chi connectivity index (χ2v) is 8.40. The predicted octanol–water partition coefficient (Wildman–Crippen LogP) is 3.72. The number of fused-ring (bicyclic) bond motifs is 1. The van der Waals surface area contributed by atoms with Gasteiger partial charge in [-0.25, -0.2) is 9.97 Å². The van der Waals surface area contributed by atoms with Crippen molar-refractivity contribution in [2.24, 2.45) is 0 Å². The topological polar surface area (TPSA) is 79.0 Å². The Morgan fingerprint density at radius 1 is 1.25 bits per heavy atom. The van der Waals surface area contributed by atoms with Crippen LogP contribution in [0.2, 0.25) is 5.02 Å². The Bertz CT molecular complexity index is 980. The lowest BCUT2D eigenvalue weighted by molar-refractivity contribution is -0.136. The molecule has 2 aromatic heterocycles. The minimum absolute atomic E-state index is 0.221. The van der Waals surface area contributed by atoms with E-state index in [0.29, 0.717) is 11.9 Å². The lowest BCUT2D eigenvalue weighted by Gasteiger charge is -2.50. The number of halogens is 1. The van der Waals surface area contributed by atoms with Crippen molar-refractivity contribution in [1.29, 1.82) is 0 Å². The van der Waals surface area contributed by atoms with E-state index in [1.807, 2.05) is 6.07 Å². The van der Waals surface area contributed by atoms with Gasteiger partial charge in [0.15, 0.2) is 0 Å². The molecular formula is C20H23ClN6O. The molecule has 4 heterocycles. The SMILES string of the molecule is CC1(N2CCC(c3cc4nc(Nc5cn[nH]c5)ncc4cc3Cl)CC2)COC1. The average Bonchev–Trinajstić information content (AvgIpc) is 3.19. The molecule has 0 aliphatic carbocycles. The molecule has 2 saturated heterocycles. The number of anilines is 2. The zero-order valence-corrected chi connectivity index (χ0v) is 16.5. The smallest absolute Gasteiger partial charge is 0.227 e. The van der Waals surface area contributed by atoms with Crippen LogP contribution in [0.25, 0.3) is 10.9 Å². The van der Waals surface area contributed by atoms with E-state index in [2.05, 4.69) is 43.4 Å². The molecule has 3 aromatic rings. The molecule has 0 atom stereocenters. The highest BCUT2D eigenvalue weighted by atomic mass is 35.5. The molecule has 2 aliphatic heterocycles. The second kappa shape index (κ2) is 6.99. The van der Waals surface area contributed by atoms with Gasteiger partial charge in [0.1, 0.15) is 0 Å². The van der Waals surface area contributed by atoms with Crippen LogP contribution in [0, 0.1) is 0 Å². The normalized spacial score (nSPS) is 20.2.